The van der Waals surface area contributed by atoms with Crippen molar-refractivity contribution in [3.63, 3.8) is 0 Å². The smallest absolute Gasteiger partial charge is 0.251 e. The minimum atomic E-state index is -3.72. The van der Waals surface area contributed by atoms with Crippen molar-refractivity contribution < 1.29 is 27.9 Å². The molecule has 11 heteroatoms. The average molecular weight is 693 g/mol. The molecule has 0 aliphatic carbocycles. The van der Waals surface area contributed by atoms with Gasteiger partial charge in [0.25, 0.3) is 5.91 Å². The van der Waals surface area contributed by atoms with E-state index in [2.05, 4.69) is 16.0 Å². The van der Waals surface area contributed by atoms with Gasteiger partial charge in [-0.25, -0.2) is 8.42 Å². The monoisotopic (exact) mass is 692 g/mol. The first-order chi connectivity index (χ1) is 23.2. The maximum Gasteiger partial charge on any atom is 0.251 e. The van der Waals surface area contributed by atoms with Crippen LogP contribution in [-0.4, -0.2) is 56.5 Å². The Morgan fingerprint density at radius 3 is 1.98 bits per heavy atom. The lowest BCUT2D eigenvalue weighted by Gasteiger charge is -2.29. The Labute approximate surface area is 291 Å². The van der Waals surface area contributed by atoms with Crippen LogP contribution in [0.5, 0.6) is 0 Å². The highest BCUT2D eigenvalue weighted by Gasteiger charge is 2.31. The van der Waals surface area contributed by atoms with Crippen molar-refractivity contribution in [1.29, 1.82) is 0 Å². The molecular weight excluding hydrogens is 641 g/mol. The Bertz CT molecular complexity index is 1620. The molecule has 0 aliphatic heterocycles. The average Bonchev–Trinajstić information content (AvgIpc) is 3.08. The van der Waals surface area contributed by atoms with Crippen LogP contribution in [0.3, 0.4) is 0 Å². The molecule has 0 heterocycles. The molecule has 0 radical (unpaired) electrons. The largest absolute Gasteiger partial charge is 0.391 e. The molecule has 3 aromatic rings. The SMILES string of the molecule is CC[C@@H](C[C@H](O)[C@H](CC(C)C)NC(=O)c1cccc(N(C)S(=O)(=O)Cc2ccccc2)c1)C(=O)N[C@H](C(=O)NCc1ccccc1)C(C)C. The molecule has 0 aliphatic rings. The Hall–Kier alpha value is -4.22. The highest BCUT2D eigenvalue weighted by Crippen LogP contribution is 2.23. The fourth-order valence-electron chi connectivity index (χ4n) is 5.57. The van der Waals surface area contributed by atoms with Crippen molar-refractivity contribution in [2.24, 2.45) is 17.8 Å². The lowest BCUT2D eigenvalue weighted by Crippen LogP contribution is -2.52. The van der Waals surface area contributed by atoms with Gasteiger partial charge in [0.15, 0.2) is 0 Å². The van der Waals surface area contributed by atoms with Crippen LogP contribution in [0, 0.1) is 17.8 Å². The minimum Gasteiger partial charge on any atom is -0.391 e. The Balaban J connectivity index is 1.68. The van der Waals surface area contributed by atoms with Crippen LogP contribution in [0.15, 0.2) is 84.9 Å². The summed E-state index contributed by atoms with van der Waals surface area (Å²) in [4.78, 5) is 40.0. The van der Waals surface area contributed by atoms with Crippen LogP contribution >= 0.6 is 0 Å². The highest BCUT2D eigenvalue weighted by molar-refractivity contribution is 7.92. The third kappa shape index (κ3) is 12.0. The maximum atomic E-state index is 13.5. The number of rotatable bonds is 18. The van der Waals surface area contributed by atoms with Gasteiger partial charge in [-0.3, -0.25) is 18.7 Å². The molecule has 0 unspecified atom stereocenters. The van der Waals surface area contributed by atoms with Crippen LogP contribution in [-0.2, 0) is 31.9 Å². The lowest BCUT2D eigenvalue weighted by molar-refractivity contribution is -0.133. The van der Waals surface area contributed by atoms with E-state index in [1.807, 2.05) is 71.0 Å². The van der Waals surface area contributed by atoms with E-state index in [1.165, 1.54) is 13.1 Å². The van der Waals surface area contributed by atoms with Crippen LogP contribution in [0.4, 0.5) is 5.69 Å². The normalized spacial score (nSPS) is 14.1. The van der Waals surface area contributed by atoms with E-state index in [-0.39, 0.29) is 41.4 Å². The van der Waals surface area contributed by atoms with E-state index >= 15 is 0 Å². The van der Waals surface area contributed by atoms with Gasteiger partial charge in [0.05, 0.1) is 23.6 Å². The zero-order chi connectivity index (χ0) is 36.1. The summed E-state index contributed by atoms with van der Waals surface area (Å²) >= 11 is 0. The second-order valence-electron chi connectivity index (χ2n) is 13.3. The van der Waals surface area contributed by atoms with Gasteiger partial charge in [-0.1, -0.05) is 101 Å². The molecule has 3 amide bonds. The first kappa shape index (κ1) is 39.2. The molecule has 266 valence electrons. The van der Waals surface area contributed by atoms with Crippen LogP contribution in [0.2, 0.25) is 0 Å². The number of sulfonamides is 1. The summed E-state index contributed by atoms with van der Waals surface area (Å²) in [6.07, 6.45) is -0.0969. The third-order valence-electron chi connectivity index (χ3n) is 8.53. The molecule has 3 aromatic carbocycles. The summed E-state index contributed by atoms with van der Waals surface area (Å²) in [5.41, 5.74) is 2.18. The summed E-state index contributed by atoms with van der Waals surface area (Å²) in [6, 6.07) is 23.3. The molecule has 4 N–H and O–H groups in total. The second kappa shape index (κ2) is 18.5. The molecule has 0 saturated heterocycles. The van der Waals surface area contributed by atoms with Crippen molar-refractivity contribution in [1.82, 2.24) is 16.0 Å². The quantitative estimate of drug-likeness (QED) is 0.147. The number of hydrogen-bond acceptors (Lipinski definition) is 6. The number of carbonyl (C=O) groups is 3. The molecule has 0 aromatic heterocycles. The van der Waals surface area contributed by atoms with E-state index in [0.29, 0.717) is 30.6 Å². The number of anilines is 1. The fraction of sp³-hybridized carbons (Fsp3) is 0.447. The topological polar surface area (TPSA) is 145 Å². The van der Waals surface area contributed by atoms with Gasteiger partial charge >= 0.3 is 0 Å². The van der Waals surface area contributed by atoms with Crippen LogP contribution in [0.1, 0.15) is 75.4 Å². The number of carbonyl (C=O) groups excluding carboxylic acids is 3. The zero-order valence-electron chi connectivity index (χ0n) is 29.4. The molecule has 3 rings (SSSR count). The van der Waals surface area contributed by atoms with Gasteiger partial charge in [-0.15, -0.1) is 0 Å². The van der Waals surface area contributed by atoms with Crippen molar-refractivity contribution >= 4 is 33.4 Å². The van der Waals surface area contributed by atoms with E-state index in [4.69, 9.17) is 0 Å². The first-order valence-electron chi connectivity index (χ1n) is 16.9. The van der Waals surface area contributed by atoms with Crippen molar-refractivity contribution in [3.05, 3.63) is 102 Å². The summed E-state index contributed by atoms with van der Waals surface area (Å²) in [5, 5.41) is 20.1. The van der Waals surface area contributed by atoms with Crippen molar-refractivity contribution in [3.8, 4) is 0 Å². The fourth-order valence-corrected chi connectivity index (χ4v) is 6.82. The highest BCUT2D eigenvalue weighted by atomic mass is 32.2. The van der Waals surface area contributed by atoms with Gasteiger partial charge in [0, 0.05) is 25.1 Å². The van der Waals surface area contributed by atoms with Gasteiger partial charge in [-0.05, 0) is 60.4 Å². The molecule has 10 nitrogen and oxygen atoms in total. The Kier molecular flexibility index (Phi) is 14.8. The number of nitrogens with zero attached hydrogens (tertiary/aromatic N) is 1. The van der Waals surface area contributed by atoms with Gasteiger partial charge in [0.1, 0.15) is 6.04 Å². The van der Waals surface area contributed by atoms with Crippen LogP contribution < -0.4 is 20.3 Å². The van der Waals surface area contributed by atoms with Crippen LogP contribution in [0.25, 0.3) is 0 Å². The number of amides is 3. The predicted molar refractivity (Wildman–Crippen MR) is 194 cm³/mol. The molecule has 0 saturated carbocycles. The lowest BCUT2D eigenvalue weighted by atomic mass is 9.89. The summed E-state index contributed by atoms with van der Waals surface area (Å²) in [5.74, 6) is -1.92. The van der Waals surface area contributed by atoms with Gasteiger partial charge < -0.3 is 21.1 Å². The number of aliphatic hydroxyl groups excluding tert-OH is 1. The van der Waals surface area contributed by atoms with Crippen molar-refractivity contribution in [2.45, 2.75) is 84.4 Å². The number of benzene rings is 3. The third-order valence-corrected chi connectivity index (χ3v) is 10.3. The maximum absolute atomic E-state index is 13.5. The van der Waals surface area contributed by atoms with E-state index < -0.39 is 40.0 Å². The standard InChI is InChI=1S/C38H52N4O6S/c1-7-30(36(44)41-35(27(4)5)38(46)39-24-28-15-10-8-11-16-28)23-34(43)33(21-26(2)3)40-37(45)31-19-14-20-32(22-31)42(6)49(47,48)25-29-17-12-9-13-18-29/h8-20,22,26-27,30,33-35,43H,7,21,23-25H2,1-6H3,(H,39,46)(H,40,45)(H,41,44)/t30-,33-,34-,35-/m0/s1. The zero-order valence-corrected chi connectivity index (χ0v) is 30.2. The molecule has 49 heavy (non-hydrogen) atoms. The summed E-state index contributed by atoms with van der Waals surface area (Å²) in [6.45, 7) is 9.87. The Morgan fingerprint density at radius 1 is 0.796 bits per heavy atom. The number of hydrogen-bond donors (Lipinski definition) is 4. The van der Waals surface area contributed by atoms with E-state index in [0.717, 1.165) is 9.87 Å². The van der Waals surface area contributed by atoms with E-state index in [9.17, 15) is 27.9 Å². The minimum absolute atomic E-state index is 0.0803. The molecule has 0 bridgehead atoms. The molecule has 0 spiro atoms. The molecule has 0 fully saturated rings. The van der Waals surface area contributed by atoms with Gasteiger partial charge in [0.2, 0.25) is 21.8 Å². The van der Waals surface area contributed by atoms with Crippen molar-refractivity contribution in [2.75, 3.05) is 11.4 Å². The second-order valence-corrected chi connectivity index (χ2v) is 15.3. The van der Waals surface area contributed by atoms with E-state index in [1.54, 1.807) is 42.5 Å². The molecule has 4 atom stereocenters. The molecular formula is C38H52N4O6S. The number of nitrogens with one attached hydrogen (secondary N) is 3. The summed E-state index contributed by atoms with van der Waals surface area (Å²) in [7, 11) is -2.27. The summed E-state index contributed by atoms with van der Waals surface area (Å²) < 4.78 is 27.4. The van der Waals surface area contributed by atoms with Gasteiger partial charge in [-0.2, -0.15) is 0 Å². The Morgan fingerprint density at radius 2 is 1.41 bits per heavy atom. The number of aliphatic hydroxyl groups is 1. The predicted octanol–water partition coefficient (Wildman–Crippen LogP) is 5.03. The first-order valence-corrected chi connectivity index (χ1v) is 18.5.